The van der Waals surface area contributed by atoms with Gasteiger partial charge in [0.15, 0.2) is 5.82 Å². The number of aromatic nitrogens is 2. The van der Waals surface area contributed by atoms with Crippen LogP contribution in [0, 0.1) is 23.1 Å². The van der Waals surface area contributed by atoms with Crippen LogP contribution in [0.3, 0.4) is 0 Å². The van der Waals surface area contributed by atoms with Crippen LogP contribution in [0.4, 0.5) is 10.1 Å². The second kappa shape index (κ2) is 5.43. The van der Waals surface area contributed by atoms with Gasteiger partial charge in [-0.15, -0.1) is 0 Å². The normalized spacial score (nSPS) is 23.5. The fourth-order valence-electron chi connectivity index (χ4n) is 2.93. The van der Waals surface area contributed by atoms with Gasteiger partial charge in [0, 0.05) is 17.3 Å². The molecule has 1 aromatic carbocycles. The summed E-state index contributed by atoms with van der Waals surface area (Å²) in [4.78, 5) is 11.4. The highest BCUT2D eigenvalue weighted by atomic mass is 32.2. The molecule has 2 atom stereocenters. The number of phenolic OH excluding ortho intramolecular Hbond substituents is 1. The molecule has 0 spiro atoms. The van der Waals surface area contributed by atoms with Gasteiger partial charge in [-0.1, -0.05) is 0 Å². The second-order valence-electron chi connectivity index (χ2n) is 6.08. The van der Waals surface area contributed by atoms with Crippen LogP contribution in [0.5, 0.6) is 5.75 Å². The van der Waals surface area contributed by atoms with Gasteiger partial charge in [-0.3, -0.25) is 9.48 Å². The Morgan fingerprint density at radius 2 is 2.19 bits per heavy atom. The van der Waals surface area contributed by atoms with Crippen LogP contribution in [-0.2, 0) is 15.0 Å². The molecule has 0 bridgehead atoms. The molecule has 2 aliphatic rings. The zero-order chi connectivity index (χ0) is 18.6. The number of nitriles is 1. The molecule has 1 amide bonds. The van der Waals surface area contributed by atoms with Crippen LogP contribution in [-0.4, -0.2) is 35.8 Å². The third kappa shape index (κ3) is 2.46. The molecule has 1 aliphatic carbocycles. The zero-order valence-corrected chi connectivity index (χ0v) is 13.9. The molecule has 2 aromatic rings. The van der Waals surface area contributed by atoms with Crippen molar-refractivity contribution in [1.29, 1.82) is 5.26 Å². The summed E-state index contributed by atoms with van der Waals surface area (Å²) in [5, 5.41) is 23.0. The Balaban J connectivity index is 1.76. The van der Waals surface area contributed by atoms with E-state index >= 15 is 4.39 Å². The molecule has 0 radical (unpaired) electrons. The number of benzene rings is 1. The molecular formula is C15H12FN5O4S. The van der Waals surface area contributed by atoms with Gasteiger partial charge in [0.25, 0.3) is 5.91 Å². The van der Waals surface area contributed by atoms with E-state index in [1.54, 1.807) is 15.6 Å². The molecule has 9 nitrogen and oxygen atoms in total. The van der Waals surface area contributed by atoms with Crippen LogP contribution < -0.4 is 9.03 Å². The quantitative estimate of drug-likeness (QED) is 0.809. The van der Waals surface area contributed by atoms with Crippen LogP contribution in [0.1, 0.15) is 12.5 Å². The van der Waals surface area contributed by atoms with Crippen molar-refractivity contribution in [1.82, 2.24) is 14.5 Å². The van der Waals surface area contributed by atoms with Gasteiger partial charge in [0.05, 0.1) is 24.2 Å². The Hall–Kier alpha value is -3.13. The number of rotatable bonds is 3. The number of aromatic hydroxyl groups is 1. The zero-order valence-electron chi connectivity index (χ0n) is 13.1. The minimum Gasteiger partial charge on any atom is -0.506 e. The number of halogens is 1. The number of hydrogen-bond acceptors (Lipinski definition) is 6. The van der Waals surface area contributed by atoms with Crippen LogP contribution in [0.25, 0.3) is 11.1 Å². The van der Waals surface area contributed by atoms with Crippen LogP contribution in [0.15, 0.2) is 24.5 Å². The predicted octanol–water partition coefficient (Wildman–Crippen LogP) is 0.660. The van der Waals surface area contributed by atoms with Crippen molar-refractivity contribution in [2.75, 3.05) is 10.8 Å². The first-order valence-electron chi connectivity index (χ1n) is 7.60. The number of anilines is 1. The molecule has 2 unspecified atom stereocenters. The van der Waals surface area contributed by atoms with E-state index in [-0.39, 0.29) is 17.5 Å². The largest absolute Gasteiger partial charge is 0.506 e. The summed E-state index contributed by atoms with van der Waals surface area (Å²) in [5.74, 6) is -2.55. The van der Waals surface area contributed by atoms with E-state index in [0.717, 1.165) is 6.07 Å². The Labute approximate surface area is 147 Å². The van der Waals surface area contributed by atoms with E-state index in [9.17, 15) is 18.3 Å². The Morgan fingerprint density at radius 3 is 2.81 bits per heavy atom. The summed E-state index contributed by atoms with van der Waals surface area (Å²) >= 11 is 0. The molecule has 2 N–H and O–H groups in total. The lowest BCUT2D eigenvalue weighted by molar-refractivity contribution is -0.117. The highest BCUT2D eigenvalue weighted by Crippen LogP contribution is 2.43. The molecule has 4 rings (SSSR count). The standard InChI is InChI=1S/C15H12FN5O4S/c16-14-10(9-5-18-20(6-9)11-3-8(11)4-17)1-2-12(22)15(14)21-7-13(23)19-26(21,24)25/h1-2,5-6,8,11,22H,3,7H2,(H,19,23). The lowest BCUT2D eigenvalue weighted by atomic mass is 10.1. The van der Waals surface area contributed by atoms with Crippen molar-refractivity contribution in [2.24, 2.45) is 5.92 Å². The molecule has 1 aromatic heterocycles. The highest BCUT2D eigenvalue weighted by molar-refractivity contribution is 7.92. The Bertz CT molecular complexity index is 1070. The molecule has 26 heavy (non-hydrogen) atoms. The van der Waals surface area contributed by atoms with E-state index < -0.39 is 39.9 Å². The fraction of sp³-hybridized carbons (Fsp3) is 0.267. The summed E-state index contributed by atoms with van der Waals surface area (Å²) < 4.78 is 42.7. The van der Waals surface area contributed by atoms with Crippen molar-refractivity contribution >= 4 is 21.8 Å². The van der Waals surface area contributed by atoms with Gasteiger partial charge in [0.2, 0.25) is 0 Å². The van der Waals surface area contributed by atoms with Crippen molar-refractivity contribution in [3.63, 3.8) is 0 Å². The Morgan fingerprint density at radius 1 is 1.42 bits per heavy atom. The van der Waals surface area contributed by atoms with E-state index in [1.165, 1.54) is 12.3 Å². The predicted molar refractivity (Wildman–Crippen MR) is 86.5 cm³/mol. The number of phenols is 1. The van der Waals surface area contributed by atoms with E-state index in [4.69, 9.17) is 5.26 Å². The molecule has 2 fully saturated rings. The highest BCUT2D eigenvalue weighted by Gasteiger charge is 2.40. The summed E-state index contributed by atoms with van der Waals surface area (Å²) in [7, 11) is -4.27. The van der Waals surface area contributed by atoms with E-state index in [2.05, 4.69) is 11.2 Å². The molecule has 134 valence electrons. The molecule has 1 saturated carbocycles. The summed E-state index contributed by atoms with van der Waals surface area (Å²) in [5.41, 5.74) is -0.217. The maximum absolute atomic E-state index is 15.0. The van der Waals surface area contributed by atoms with E-state index in [0.29, 0.717) is 16.3 Å². The number of hydrogen-bond donors (Lipinski definition) is 2. The number of carbonyl (C=O) groups excluding carboxylic acids is 1. The lowest BCUT2D eigenvalue weighted by Gasteiger charge is -2.18. The van der Waals surface area contributed by atoms with E-state index in [1.807, 2.05) is 0 Å². The summed E-state index contributed by atoms with van der Waals surface area (Å²) in [6, 6.07) is 4.52. The van der Waals surface area contributed by atoms with Crippen molar-refractivity contribution in [3.8, 4) is 22.9 Å². The smallest absolute Gasteiger partial charge is 0.326 e. The summed E-state index contributed by atoms with van der Waals surface area (Å²) in [6.45, 7) is -0.624. The number of nitrogens with zero attached hydrogens (tertiary/aromatic N) is 4. The third-order valence-corrected chi connectivity index (χ3v) is 5.72. The fourth-order valence-corrected chi connectivity index (χ4v) is 4.10. The third-order valence-electron chi connectivity index (χ3n) is 4.34. The molecule has 2 heterocycles. The van der Waals surface area contributed by atoms with Gasteiger partial charge in [-0.05, 0) is 18.6 Å². The first kappa shape index (κ1) is 16.3. The van der Waals surface area contributed by atoms with Gasteiger partial charge in [-0.2, -0.15) is 18.8 Å². The van der Waals surface area contributed by atoms with Gasteiger partial charge in [0.1, 0.15) is 18.0 Å². The SMILES string of the molecule is N#CC1CC1n1cc(-c2ccc(O)c(N3CC(=O)NS3(=O)=O)c2F)cn1. The molecule has 1 aliphatic heterocycles. The molecule has 1 saturated heterocycles. The van der Waals surface area contributed by atoms with Crippen molar-refractivity contribution < 1.29 is 22.7 Å². The van der Waals surface area contributed by atoms with Crippen molar-refractivity contribution in [2.45, 2.75) is 12.5 Å². The maximum Gasteiger partial charge on any atom is 0.326 e. The van der Waals surface area contributed by atoms with Gasteiger partial charge >= 0.3 is 10.2 Å². The van der Waals surface area contributed by atoms with Crippen molar-refractivity contribution in [3.05, 3.63) is 30.3 Å². The first-order chi connectivity index (χ1) is 12.3. The topological polar surface area (TPSA) is 128 Å². The number of amides is 1. The minimum atomic E-state index is -4.27. The number of carbonyl (C=O) groups is 1. The average Bonchev–Trinajstić information content (AvgIpc) is 3.11. The van der Waals surface area contributed by atoms with Gasteiger partial charge in [-0.25, -0.2) is 13.4 Å². The minimum absolute atomic E-state index is 0.0211. The monoisotopic (exact) mass is 377 g/mol. The second-order valence-corrected chi connectivity index (χ2v) is 7.67. The summed E-state index contributed by atoms with van der Waals surface area (Å²) in [6.07, 6.45) is 3.62. The number of nitrogens with one attached hydrogen (secondary N) is 1. The first-order valence-corrected chi connectivity index (χ1v) is 9.04. The van der Waals surface area contributed by atoms with Crippen LogP contribution in [0.2, 0.25) is 0 Å². The average molecular weight is 377 g/mol. The molecular weight excluding hydrogens is 365 g/mol. The van der Waals surface area contributed by atoms with Crippen LogP contribution >= 0.6 is 0 Å². The van der Waals surface area contributed by atoms with Gasteiger partial charge < -0.3 is 5.11 Å². The Kier molecular flexibility index (Phi) is 3.42. The lowest BCUT2D eigenvalue weighted by Crippen LogP contribution is -2.30. The molecule has 11 heteroatoms. The maximum atomic E-state index is 15.0.